The summed E-state index contributed by atoms with van der Waals surface area (Å²) in [6.45, 7) is -0.233. The van der Waals surface area contributed by atoms with E-state index in [9.17, 15) is 9.59 Å². The van der Waals surface area contributed by atoms with Crippen molar-refractivity contribution < 1.29 is 28.5 Å². The van der Waals surface area contributed by atoms with Crippen molar-refractivity contribution in [3.63, 3.8) is 0 Å². The molecule has 0 heterocycles. The van der Waals surface area contributed by atoms with Crippen LogP contribution in [-0.4, -0.2) is 46.0 Å². The first-order valence-electron chi connectivity index (χ1n) is 8.13. The van der Waals surface area contributed by atoms with Gasteiger partial charge in [-0.25, -0.2) is 5.43 Å². The van der Waals surface area contributed by atoms with Crippen LogP contribution in [0.25, 0.3) is 0 Å². The Hall–Kier alpha value is -3.75. The van der Waals surface area contributed by atoms with E-state index >= 15 is 0 Å². The Morgan fingerprint density at radius 1 is 1.00 bits per heavy atom. The lowest BCUT2D eigenvalue weighted by Gasteiger charge is -2.13. The van der Waals surface area contributed by atoms with Gasteiger partial charge in [-0.3, -0.25) is 9.59 Å². The lowest BCUT2D eigenvalue weighted by Crippen LogP contribution is -2.20. The molecule has 0 aliphatic rings. The number of carbonyl (C=O) groups excluding carboxylic acids is 2. The Morgan fingerprint density at radius 2 is 1.68 bits per heavy atom. The molecule has 0 spiro atoms. The van der Waals surface area contributed by atoms with Gasteiger partial charge in [0.15, 0.2) is 18.1 Å². The first-order chi connectivity index (χ1) is 13.5. The molecule has 2 amide bonds. The molecule has 0 saturated carbocycles. The number of benzene rings is 2. The van der Waals surface area contributed by atoms with Gasteiger partial charge >= 0.3 is 0 Å². The van der Waals surface area contributed by atoms with Crippen molar-refractivity contribution in [2.45, 2.75) is 0 Å². The van der Waals surface area contributed by atoms with Crippen LogP contribution in [-0.2, 0) is 4.79 Å². The van der Waals surface area contributed by atoms with E-state index in [0.29, 0.717) is 34.1 Å². The number of nitrogens with two attached hydrogens (primary N) is 1. The number of hydrazone groups is 1. The number of ether oxygens (including phenoxy) is 4. The second-order valence-electron chi connectivity index (χ2n) is 5.40. The molecule has 2 aromatic rings. The maximum atomic E-state index is 12.2. The molecule has 28 heavy (non-hydrogen) atoms. The van der Waals surface area contributed by atoms with E-state index in [4.69, 9.17) is 24.7 Å². The quantitative estimate of drug-likeness (QED) is 0.495. The molecule has 0 atom stereocenters. The molecule has 0 saturated heterocycles. The Bertz CT molecular complexity index is 865. The monoisotopic (exact) mass is 387 g/mol. The van der Waals surface area contributed by atoms with E-state index in [-0.39, 0.29) is 6.61 Å². The lowest BCUT2D eigenvalue weighted by molar-refractivity contribution is -0.119. The molecule has 2 rings (SSSR count). The zero-order chi connectivity index (χ0) is 20.5. The van der Waals surface area contributed by atoms with Crippen LogP contribution in [0.3, 0.4) is 0 Å². The van der Waals surface area contributed by atoms with Crippen molar-refractivity contribution in [3.8, 4) is 23.0 Å². The summed E-state index contributed by atoms with van der Waals surface area (Å²) >= 11 is 0. The van der Waals surface area contributed by atoms with E-state index in [1.165, 1.54) is 39.7 Å². The van der Waals surface area contributed by atoms with Gasteiger partial charge in [0.1, 0.15) is 5.75 Å². The van der Waals surface area contributed by atoms with Gasteiger partial charge in [0.2, 0.25) is 5.75 Å². The summed E-state index contributed by atoms with van der Waals surface area (Å²) in [4.78, 5) is 22.9. The second kappa shape index (κ2) is 9.81. The Morgan fingerprint density at radius 3 is 2.25 bits per heavy atom. The molecule has 3 N–H and O–H groups in total. The van der Waals surface area contributed by atoms with Crippen molar-refractivity contribution in [2.24, 2.45) is 10.8 Å². The molecule has 0 aromatic heterocycles. The third-order valence-electron chi connectivity index (χ3n) is 3.60. The molecule has 0 aliphatic carbocycles. The maximum Gasteiger partial charge on any atom is 0.271 e. The van der Waals surface area contributed by atoms with E-state index in [2.05, 4.69) is 10.5 Å². The molecule has 9 nitrogen and oxygen atoms in total. The van der Waals surface area contributed by atoms with Crippen molar-refractivity contribution >= 4 is 18.0 Å². The average molecular weight is 387 g/mol. The van der Waals surface area contributed by atoms with Gasteiger partial charge in [0.25, 0.3) is 11.8 Å². The molecule has 9 heteroatoms. The zero-order valence-electron chi connectivity index (χ0n) is 15.7. The fraction of sp³-hybridized carbons (Fsp3) is 0.211. The topological polar surface area (TPSA) is 121 Å². The van der Waals surface area contributed by atoms with Crippen molar-refractivity contribution in [1.29, 1.82) is 0 Å². The molecule has 0 bridgehead atoms. The van der Waals surface area contributed by atoms with E-state index in [0.717, 1.165) is 0 Å². The number of methoxy groups -OCH3 is 3. The minimum absolute atomic E-state index is 0.233. The Balaban J connectivity index is 2.06. The maximum absolute atomic E-state index is 12.2. The predicted octanol–water partition coefficient (Wildman–Crippen LogP) is 1.34. The molecule has 0 radical (unpaired) electrons. The van der Waals surface area contributed by atoms with Gasteiger partial charge in [-0.2, -0.15) is 5.10 Å². The van der Waals surface area contributed by atoms with Crippen LogP contribution in [0.5, 0.6) is 23.0 Å². The molecular weight excluding hydrogens is 366 g/mol. The van der Waals surface area contributed by atoms with Crippen LogP contribution < -0.4 is 30.1 Å². The van der Waals surface area contributed by atoms with Crippen molar-refractivity contribution in [3.05, 3.63) is 47.5 Å². The van der Waals surface area contributed by atoms with Gasteiger partial charge in [0, 0.05) is 11.1 Å². The summed E-state index contributed by atoms with van der Waals surface area (Å²) in [7, 11) is 4.52. The van der Waals surface area contributed by atoms with E-state index in [1.807, 2.05) is 0 Å². The van der Waals surface area contributed by atoms with Crippen LogP contribution in [0, 0.1) is 0 Å². The number of hydrogen-bond acceptors (Lipinski definition) is 7. The number of primary amides is 1. The number of nitrogens with zero attached hydrogens (tertiary/aromatic N) is 1. The second-order valence-corrected chi connectivity index (χ2v) is 5.40. The predicted molar refractivity (Wildman–Crippen MR) is 102 cm³/mol. The summed E-state index contributed by atoms with van der Waals surface area (Å²) in [6.07, 6.45) is 1.43. The molecule has 2 aromatic carbocycles. The Labute approximate surface area is 162 Å². The summed E-state index contributed by atoms with van der Waals surface area (Å²) in [5.41, 5.74) is 8.39. The van der Waals surface area contributed by atoms with Crippen LogP contribution in [0.4, 0.5) is 0 Å². The molecule has 0 unspecified atom stereocenters. The highest BCUT2D eigenvalue weighted by Gasteiger charge is 2.14. The fourth-order valence-corrected chi connectivity index (χ4v) is 2.31. The highest BCUT2D eigenvalue weighted by Crippen LogP contribution is 2.38. The lowest BCUT2D eigenvalue weighted by atomic mass is 10.2. The smallest absolute Gasteiger partial charge is 0.271 e. The number of nitrogens with one attached hydrogen (secondary N) is 1. The summed E-state index contributed by atoms with van der Waals surface area (Å²) in [5.74, 6) is 0.787. The van der Waals surface area contributed by atoms with Gasteiger partial charge in [-0.15, -0.1) is 0 Å². The Kier molecular flexibility index (Phi) is 7.21. The minimum Gasteiger partial charge on any atom is -0.493 e. The van der Waals surface area contributed by atoms with Crippen LogP contribution in [0.1, 0.15) is 15.9 Å². The highest BCUT2D eigenvalue weighted by molar-refractivity contribution is 5.95. The van der Waals surface area contributed by atoms with Crippen LogP contribution in [0.2, 0.25) is 0 Å². The van der Waals surface area contributed by atoms with E-state index in [1.54, 1.807) is 24.3 Å². The molecular formula is C19H21N3O6. The van der Waals surface area contributed by atoms with Gasteiger partial charge < -0.3 is 24.7 Å². The number of hydrogen-bond donors (Lipinski definition) is 2. The third-order valence-corrected chi connectivity index (χ3v) is 3.60. The minimum atomic E-state index is -0.582. The van der Waals surface area contributed by atoms with Gasteiger partial charge in [0.05, 0.1) is 27.5 Å². The third kappa shape index (κ3) is 5.13. The standard InChI is InChI=1S/C19H21N3O6/c1-25-15-9-6-13(17(26-2)18(15)27-3)10-21-22-19(24)12-4-7-14(8-5-12)28-11-16(20)23/h4-10H,11H2,1-3H3,(H2,20,23)(H,22,24)/b21-10-. The fourth-order valence-electron chi connectivity index (χ4n) is 2.31. The highest BCUT2D eigenvalue weighted by atomic mass is 16.5. The summed E-state index contributed by atoms with van der Waals surface area (Å²) < 4.78 is 21.0. The first kappa shape index (κ1) is 20.6. The van der Waals surface area contributed by atoms with Crippen molar-refractivity contribution in [2.75, 3.05) is 27.9 Å². The number of carbonyl (C=O) groups is 2. The summed E-state index contributed by atoms with van der Waals surface area (Å²) in [6, 6.07) is 9.62. The zero-order valence-corrected chi connectivity index (χ0v) is 15.7. The number of rotatable bonds is 9. The van der Waals surface area contributed by atoms with Crippen molar-refractivity contribution in [1.82, 2.24) is 5.43 Å². The van der Waals surface area contributed by atoms with Crippen LogP contribution >= 0.6 is 0 Å². The number of amides is 2. The van der Waals surface area contributed by atoms with Gasteiger partial charge in [-0.05, 0) is 36.4 Å². The van der Waals surface area contributed by atoms with E-state index < -0.39 is 11.8 Å². The molecule has 0 aliphatic heterocycles. The average Bonchev–Trinajstić information content (AvgIpc) is 2.71. The first-order valence-corrected chi connectivity index (χ1v) is 8.13. The van der Waals surface area contributed by atoms with Crippen LogP contribution in [0.15, 0.2) is 41.5 Å². The van der Waals surface area contributed by atoms with Gasteiger partial charge in [-0.1, -0.05) is 0 Å². The summed E-state index contributed by atoms with van der Waals surface area (Å²) in [5, 5.41) is 3.95. The SMILES string of the molecule is COc1ccc(/C=N\NC(=O)c2ccc(OCC(N)=O)cc2)c(OC)c1OC. The molecule has 148 valence electrons. The normalized spacial score (nSPS) is 10.4. The molecule has 0 fully saturated rings. The largest absolute Gasteiger partial charge is 0.493 e.